The van der Waals surface area contributed by atoms with Crippen LogP contribution in [0.3, 0.4) is 0 Å². The molecular formula is C11H13BrO4. The third-order valence-electron chi connectivity index (χ3n) is 2.28. The van der Waals surface area contributed by atoms with Gasteiger partial charge in [-0.3, -0.25) is 0 Å². The standard InChI is InChI=1S/C11H13BrO4/c1-6-8(12)4-7(5-9(6)15-2)10(13)11(14)16-3/h4-5,10,13H,1-3H3. The summed E-state index contributed by atoms with van der Waals surface area (Å²) in [5.41, 5.74) is 1.34. The molecule has 1 rings (SSSR count). The molecule has 16 heavy (non-hydrogen) atoms. The lowest BCUT2D eigenvalue weighted by atomic mass is 10.1. The average molecular weight is 289 g/mol. The van der Waals surface area contributed by atoms with Crippen LogP contribution in [-0.4, -0.2) is 25.3 Å². The van der Waals surface area contributed by atoms with Crippen molar-refractivity contribution in [2.24, 2.45) is 0 Å². The van der Waals surface area contributed by atoms with E-state index in [1.54, 1.807) is 12.1 Å². The van der Waals surface area contributed by atoms with E-state index in [0.717, 1.165) is 10.0 Å². The minimum atomic E-state index is -1.30. The van der Waals surface area contributed by atoms with Crippen molar-refractivity contribution in [1.29, 1.82) is 0 Å². The van der Waals surface area contributed by atoms with Gasteiger partial charge in [-0.15, -0.1) is 0 Å². The number of hydrogen-bond acceptors (Lipinski definition) is 4. The Kier molecular flexibility index (Phi) is 4.32. The van der Waals surface area contributed by atoms with Crippen molar-refractivity contribution in [2.75, 3.05) is 14.2 Å². The third kappa shape index (κ3) is 2.54. The van der Waals surface area contributed by atoms with Crippen LogP contribution in [-0.2, 0) is 9.53 Å². The molecule has 0 aromatic heterocycles. The fourth-order valence-electron chi connectivity index (χ4n) is 1.29. The average Bonchev–Trinajstić information content (AvgIpc) is 2.30. The molecule has 4 nitrogen and oxygen atoms in total. The van der Waals surface area contributed by atoms with Crippen LogP contribution < -0.4 is 4.74 Å². The van der Waals surface area contributed by atoms with Crippen molar-refractivity contribution in [2.45, 2.75) is 13.0 Å². The fraction of sp³-hybridized carbons (Fsp3) is 0.364. The third-order valence-corrected chi connectivity index (χ3v) is 3.10. The maximum atomic E-state index is 11.2. The van der Waals surface area contributed by atoms with Crippen LogP contribution in [0.1, 0.15) is 17.2 Å². The number of hydrogen-bond donors (Lipinski definition) is 1. The van der Waals surface area contributed by atoms with Crippen LogP contribution in [0.2, 0.25) is 0 Å². The van der Waals surface area contributed by atoms with Gasteiger partial charge >= 0.3 is 5.97 Å². The molecule has 0 aliphatic carbocycles. The van der Waals surface area contributed by atoms with Crippen LogP contribution in [0.5, 0.6) is 5.75 Å². The van der Waals surface area contributed by atoms with Gasteiger partial charge in [0.25, 0.3) is 0 Å². The number of benzene rings is 1. The van der Waals surface area contributed by atoms with E-state index in [1.807, 2.05) is 6.92 Å². The molecule has 0 aliphatic heterocycles. The number of ether oxygens (including phenoxy) is 2. The topological polar surface area (TPSA) is 55.8 Å². The van der Waals surface area contributed by atoms with Gasteiger partial charge in [-0.2, -0.15) is 0 Å². The summed E-state index contributed by atoms with van der Waals surface area (Å²) < 4.78 is 10.4. The lowest BCUT2D eigenvalue weighted by molar-refractivity contribution is -0.150. The summed E-state index contributed by atoms with van der Waals surface area (Å²) in [6.45, 7) is 1.87. The molecule has 5 heteroatoms. The first-order chi connectivity index (χ1) is 7.51. The molecule has 1 unspecified atom stereocenters. The highest BCUT2D eigenvalue weighted by atomic mass is 79.9. The highest BCUT2D eigenvalue weighted by Gasteiger charge is 2.20. The highest BCUT2D eigenvalue weighted by Crippen LogP contribution is 2.30. The number of halogens is 1. The summed E-state index contributed by atoms with van der Waals surface area (Å²) in [5, 5.41) is 9.67. The van der Waals surface area contributed by atoms with Crippen molar-refractivity contribution >= 4 is 21.9 Å². The van der Waals surface area contributed by atoms with E-state index >= 15 is 0 Å². The summed E-state index contributed by atoms with van der Waals surface area (Å²) in [4.78, 5) is 11.2. The van der Waals surface area contributed by atoms with Crippen LogP contribution in [0.15, 0.2) is 16.6 Å². The molecule has 0 heterocycles. The summed E-state index contributed by atoms with van der Waals surface area (Å²) in [5.74, 6) is -0.0925. The van der Waals surface area contributed by atoms with Gasteiger partial charge in [0.1, 0.15) is 5.75 Å². The number of esters is 1. The van der Waals surface area contributed by atoms with Crippen molar-refractivity contribution in [3.63, 3.8) is 0 Å². The number of aliphatic hydroxyl groups excluding tert-OH is 1. The zero-order valence-electron chi connectivity index (χ0n) is 9.28. The minimum Gasteiger partial charge on any atom is -0.496 e. The van der Waals surface area contributed by atoms with Crippen molar-refractivity contribution in [1.82, 2.24) is 0 Å². The molecule has 0 bridgehead atoms. The smallest absolute Gasteiger partial charge is 0.339 e. The number of rotatable bonds is 3. The Morgan fingerprint density at radius 3 is 2.56 bits per heavy atom. The van der Waals surface area contributed by atoms with Gasteiger partial charge in [-0.1, -0.05) is 15.9 Å². The zero-order chi connectivity index (χ0) is 12.3. The van der Waals surface area contributed by atoms with Crippen molar-refractivity contribution in [3.05, 3.63) is 27.7 Å². The maximum Gasteiger partial charge on any atom is 0.339 e. The Morgan fingerprint density at radius 2 is 2.06 bits per heavy atom. The molecule has 0 saturated heterocycles. The van der Waals surface area contributed by atoms with Crippen molar-refractivity contribution in [3.8, 4) is 5.75 Å². The molecule has 0 fully saturated rings. The summed E-state index contributed by atoms with van der Waals surface area (Å²) in [7, 11) is 2.76. The Labute approximate surface area is 102 Å². The number of aliphatic hydroxyl groups is 1. The number of carbonyl (C=O) groups is 1. The van der Waals surface area contributed by atoms with Crippen LogP contribution >= 0.6 is 15.9 Å². The quantitative estimate of drug-likeness (QED) is 0.864. The Balaban J connectivity index is 3.16. The molecular weight excluding hydrogens is 276 g/mol. The largest absolute Gasteiger partial charge is 0.496 e. The molecule has 1 atom stereocenters. The normalized spacial score (nSPS) is 12.1. The van der Waals surface area contributed by atoms with Crippen LogP contribution in [0.4, 0.5) is 0 Å². The van der Waals surface area contributed by atoms with E-state index in [2.05, 4.69) is 20.7 Å². The number of methoxy groups -OCH3 is 2. The second kappa shape index (κ2) is 5.32. The predicted molar refractivity (Wildman–Crippen MR) is 62.4 cm³/mol. The molecule has 0 radical (unpaired) electrons. The van der Waals surface area contributed by atoms with Crippen LogP contribution in [0, 0.1) is 6.92 Å². The lowest BCUT2D eigenvalue weighted by Crippen LogP contribution is -2.13. The second-order valence-corrected chi connectivity index (χ2v) is 4.11. The van der Waals surface area contributed by atoms with E-state index in [0.29, 0.717) is 11.3 Å². The first-order valence-electron chi connectivity index (χ1n) is 4.61. The second-order valence-electron chi connectivity index (χ2n) is 3.26. The van der Waals surface area contributed by atoms with Gasteiger partial charge in [0.15, 0.2) is 6.10 Å². The summed E-state index contributed by atoms with van der Waals surface area (Å²) in [6, 6.07) is 3.28. The molecule has 0 saturated carbocycles. The first-order valence-corrected chi connectivity index (χ1v) is 5.40. The molecule has 0 amide bonds. The summed E-state index contributed by atoms with van der Waals surface area (Å²) >= 11 is 3.33. The molecule has 1 aromatic rings. The Bertz CT molecular complexity index is 403. The highest BCUT2D eigenvalue weighted by molar-refractivity contribution is 9.10. The van der Waals surface area contributed by atoms with Gasteiger partial charge in [0.05, 0.1) is 14.2 Å². The summed E-state index contributed by atoms with van der Waals surface area (Å²) in [6.07, 6.45) is -1.30. The van der Waals surface area contributed by atoms with Gasteiger partial charge in [0, 0.05) is 10.0 Å². The van der Waals surface area contributed by atoms with E-state index in [9.17, 15) is 9.90 Å². The molecule has 0 aliphatic rings. The molecule has 1 aromatic carbocycles. The van der Waals surface area contributed by atoms with E-state index in [1.165, 1.54) is 14.2 Å². The number of carbonyl (C=O) groups excluding carboxylic acids is 1. The fourth-order valence-corrected chi connectivity index (χ4v) is 1.75. The monoisotopic (exact) mass is 288 g/mol. The van der Waals surface area contributed by atoms with Gasteiger partial charge < -0.3 is 14.6 Å². The van der Waals surface area contributed by atoms with E-state index < -0.39 is 12.1 Å². The van der Waals surface area contributed by atoms with Crippen molar-refractivity contribution < 1.29 is 19.4 Å². The molecule has 0 spiro atoms. The predicted octanol–water partition coefficient (Wildman–Crippen LogP) is 1.97. The van der Waals surface area contributed by atoms with Gasteiger partial charge in [-0.05, 0) is 24.6 Å². The molecule has 1 N–H and O–H groups in total. The minimum absolute atomic E-state index is 0.432. The Morgan fingerprint density at radius 1 is 1.44 bits per heavy atom. The molecule has 88 valence electrons. The van der Waals surface area contributed by atoms with E-state index in [4.69, 9.17) is 4.74 Å². The zero-order valence-corrected chi connectivity index (χ0v) is 10.9. The Hall–Kier alpha value is -1.07. The lowest BCUT2D eigenvalue weighted by Gasteiger charge is -2.13. The van der Waals surface area contributed by atoms with Gasteiger partial charge in [-0.25, -0.2) is 4.79 Å². The first kappa shape index (κ1) is 13.0. The maximum absolute atomic E-state index is 11.2. The van der Waals surface area contributed by atoms with E-state index in [-0.39, 0.29) is 0 Å². The van der Waals surface area contributed by atoms with Gasteiger partial charge in [0.2, 0.25) is 0 Å². The van der Waals surface area contributed by atoms with Crippen LogP contribution in [0.25, 0.3) is 0 Å². The SMILES string of the molecule is COC(=O)C(O)c1cc(Br)c(C)c(OC)c1.